The molecule has 0 aliphatic rings. The van der Waals surface area contributed by atoms with Gasteiger partial charge >= 0.3 is 0 Å². The molecule has 6 heteroatoms. The van der Waals surface area contributed by atoms with Crippen LogP contribution in [0.25, 0.3) is 10.4 Å². The Balaban J connectivity index is 2.57. The van der Waals surface area contributed by atoms with Gasteiger partial charge in [-0.25, -0.2) is 0 Å². The number of amides is 1. The normalized spacial score (nSPS) is 11.6. The second-order valence-electron chi connectivity index (χ2n) is 4.01. The van der Waals surface area contributed by atoms with E-state index in [1.165, 1.54) is 0 Å². The fourth-order valence-electron chi connectivity index (χ4n) is 1.58. The van der Waals surface area contributed by atoms with Crippen molar-refractivity contribution in [2.75, 3.05) is 13.1 Å². The summed E-state index contributed by atoms with van der Waals surface area (Å²) in [5.41, 5.74) is 15.5. The van der Waals surface area contributed by atoms with Crippen molar-refractivity contribution in [3.05, 3.63) is 45.8 Å². The van der Waals surface area contributed by atoms with Gasteiger partial charge in [0.25, 0.3) is 0 Å². The molecule has 96 valence electrons. The van der Waals surface area contributed by atoms with Crippen LogP contribution in [0.3, 0.4) is 0 Å². The van der Waals surface area contributed by atoms with Gasteiger partial charge in [0.05, 0.1) is 0 Å². The molecule has 1 rings (SSSR count). The molecule has 0 aromatic heterocycles. The molecule has 1 amide bonds. The van der Waals surface area contributed by atoms with Crippen LogP contribution in [0.15, 0.2) is 29.4 Å². The summed E-state index contributed by atoms with van der Waals surface area (Å²) >= 11 is 0. The minimum absolute atomic E-state index is 0.406. The first-order valence-corrected chi connectivity index (χ1v) is 5.75. The topological polar surface area (TPSA) is 104 Å². The molecule has 1 aromatic rings. The van der Waals surface area contributed by atoms with E-state index in [4.69, 9.17) is 11.3 Å². The lowest BCUT2D eigenvalue weighted by Gasteiger charge is -2.15. The maximum atomic E-state index is 11.4. The van der Waals surface area contributed by atoms with Crippen LogP contribution in [-0.4, -0.2) is 19.0 Å². The van der Waals surface area contributed by atoms with Gasteiger partial charge in [0.1, 0.15) is 6.04 Å². The maximum Gasteiger partial charge on any atom is 0.239 e. The Morgan fingerprint density at radius 2 is 2.17 bits per heavy atom. The molecule has 0 saturated carbocycles. The van der Waals surface area contributed by atoms with Crippen molar-refractivity contribution < 1.29 is 4.79 Å². The third-order valence-electron chi connectivity index (χ3n) is 2.54. The zero-order valence-electron chi connectivity index (χ0n) is 10.3. The molecule has 18 heavy (non-hydrogen) atoms. The summed E-state index contributed by atoms with van der Waals surface area (Å²) in [6, 6.07) is 7.13. The molecular weight excluding hydrogens is 230 g/mol. The summed E-state index contributed by atoms with van der Waals surface area (Å²) in [7, 11) is 0. The monoisotopic (exact) mass is 247 g/mol. The number of benzene rings is 1. The lowest BCUT2D eigenvalue weighted by atomic mass is 10.0. The van der Waals surface area contributed by atoms with E-state index in [1.807, 2.05) is 31.2 Å². The molecule has 0 radical (unpaired) electrons. The predicted octanol–water partition coefficient (Wildman–Crippen LogP) is 1.81. The number of carbonyl (C=O) groups is 1. The molecule has 1 aromatic carbocycles. The van der Waals surface area contributed by atoms with Gasteiger partial charge in [-0.1, -0.05) is 34.9 Å². The van der Waals surface area contributed by atoms with Gasteiger partial charge in [-0.2, -0.15) is 0 Å². The van der Waals surface area contributed by atoms with Gasteiger partial charge in [0.2, 0.25) is 5.91 Å². The molecule has 0 aliphatic heterocycles. The highest BCUT2D eigenvalue weighted by Crippen LogP contribution is 2.13. The van der Waals surface area contributed by atoms with Crippen LogP contribution in [-0.2, 0) is 4.79 Å². The van der Waals surface area contributed by atoms with Gasteiger partial charge in [0.15, 0.2) is 0 Å². The quantitative estimate of drug-likeness (QED) is 0.332. The van der Waals surface area contributed by atoms with E-state index < -0.39 is 11.9 Å². The molecule has 0 heterocycles. The average Bonchev–Trinajstić information content (AvgIpc) is 2.35. The van der Waals surface area contributed by atoms with Gasteiger partial charge < -0.3 is 11.1 Å². The van der Waals surface area contributed by atoms with Crippen molar-refractivity contribution in [3.8, 4) is 0 Å². The Labute approximate surface area is 106 Å². The molecule has 0 fully saturated rings. The minimum Gasteiger partial charge on any atom is -0.368 e. The van der Waals surface area contributed by atoms with Crippen LogP contribution in [0, 0.1) is 6.92 Å². The van der Waals surface area contributed by atoms with E-state index in [9.17, 15) is 4.79 Å². The Bertz CT molecular complexity index is 436. The Hall–Kier alpha value is -2.04. The van der Waals surface area contributed by atoms with E-state index in [0.29, 0.717) is 19.5 Å². The number of primary amides is 1. The van der Waals surface area contributed by atoms with Crippen molar-refractivity contribution in [1.29, 1.82) is 0 Å². The number of aryl methyl sites for hydroxylation is 1. The van der Waals surface area contributed by atoms with Crippen LogP contribution in [0.4, 0.5) is 0 Å². The lowest BCUT2D eigenvalue weighted by molar-refractivity contribution is -0.120. The van der Waals surface area contributed by atoms with Crippen LogP contribution in [0.2, 0.25) is 0 Å². The predicted molar refractivity (Wildman–Crippen MR) is 69.7 cm³/mol. The highest BCUT2D eigenvalue weighted by molar-refractivity contribution is 5.81. The highest BCUT2D eigenvalue weighted by atomic mass is 16.1. The van der Waals surface area contributed by atoms with Crippen LogP contribution >= 0.6 is 0 Å². The Morgan fingerprint density at radius 3 is 2.72 bits per heavy atom. The summed E-state index contributed by atoms with van der Waals surface area (Å²) in [4.78, 5) is 14.0. The highest BCUT2D eigenvalue weighted by Gasteiger charge is 2.16. The molecule has 0 bridgehead atoms. The molecule has 0 spiro atoms. The van der Waals surface area contributed by atoms with Gasteiger partial charge in [-0.05, 0) is 31.0 Å². The third-order valence-corrected chi connectivity index (χ3v) is 2.54. The van der Waals surface area contributed by atoms with Crippen molar-refractivity contribution in [1.82, 2.24) is 5.32 Å². The smallest absolute Gasteiger partial charge is 0.239 e. The second kappa shape index (κ2) is 7.32. The van der Waals surface area contributed by atoms with Crippen LogP contribution < -0.4 is 11.1 Å². The minimum atomic E-state index is -0.503. The second-order valence-corrected chi connectivity index (χ2v) is 4.01. The fourth-order valence-corrected chi connectivity index (χ4v) is 1.58. The molecule has 1 atom stereocenters. The number of rotatable bonds is 7. The zero-order valence-corrected chi connectivity index (χ0v) is 10.3. The Kier molecular flexibility index (Phi) is 5.70. The molecular formula is C12H17N5O. The van der Waals surface area contributed by atoms with Crippen molar-refractivity contribution in [3.63, 3.8) is 0 Å². The molecule has 6 nitrogen and oxygen atoms in total. The number of hydrogen-bond acceptors (Lipinski definition) is 3. The molecule has 3 N–H and O–H groups in total. The number of nitrogens with zero attached hydrogens (tertiary/aromatic N) is 3. The van der Waals surface area contributed by atoms with E-state index in [2.05, 4.69) is 15.3 Å². The number of hydrogen-bond donors (Lipinski definition) is 2. The first-order valence-electron chi connectivity index (χ1n) is 5.75. The number of nitrogens with two attached hydrogens (primary N) is 1. The SMILES string of the molecule is Cc1ccc(C(NCCCN=[N+]=[N-])C(N)=O)cc1. The number of nitrogens with one attached hydrogen (secondary N) is 1. The molecule has 0 saturated heterocycles. The number of carbonyl (C=O) groups excluding carboxylic acids is 1. The van der Waals surface area contributed by atoms with Gasteiger partial charge in [-0.3, -0.25) is 4.79 Å². The fraction of sp³-hybridized carbons (Fsp3) is 0.417. The Morgan fingerprint density at radius 1 is 1.50 bits per heavy atom. The summed E-state index contributed by atoms with van der Waals surface area (Å²) in [5, 5.41) is 6.48. The third kappa shape index (κ3) is 4.45. The molecule has 1 unspecified atom stereocenters. The standard InChI is InChI=1S/C12H17N5O/c1-9-3-5-10(6-4-9)11(12(13)18)15-7-2-8-16-17-14/h3-6,11,15H,2,7-8H2,1H3,(H2,13,18). The van der Waals surface area contributed by atoms with Gasteiger partial charge in [0, 0.05) is 11.5 Å². The summed E-state index contributed by atoms with van der Waals surface area (Å²) < 4.78 is 0. The van der Waals surface area contributed by atoms with E-state index >= 15 is 0 Å². The largest absolute Gasteiger partial charge is 0.368 e. The first kappa shape index (κ1) is 14.0. The summed E-state index contributed by atoms with van der Waals surface area (Å²) in [6.45, 7) is 2.96. The van der Waals surface area contributed by atoms with E-state index in [1.54, 1.807) is 0 Å². The lowest BCUT2D eigenvalue weighted by Crippen LogP contribution is -2.34. The van der Waals surface area contributed by atoms with Crippen LogP contribution in [0.5, 0.6) is 0 Å². The van der Waals surface area contributed by atoms with Gasteiger partial charge in [-0.15, -0.1) is 0 Å². The van der Waals surface area contributed by atoms with E-state index in [-0.39, 0.29) is 0 Å². The number of azide groups is 1. The average molecular weight is 247 g/mol. The van der Waals surface area contributed by atoms with Crippen molar-refractivity contribution in [2.45, 2.75) is 19.4 Å². The zero-order chi connectivity index (χ0) is 13.4. The van der Waals surface area contributed by atoms with Crippen molar-refractivity contribution >= 4 is 5.91 Å². The summed E-state index contributed by atoms with van der Waals surface area (Å²) in [6.07, 6.45) is 0.666. The molecule has 0 aliphatic carbocycles. The van der Waals surface area contributed by atoms with E-state index in [0.717, 1.165) is 11.1 Å². The maximum absolute atomic E-state index is 11.4. The first-order chi connectivity index (χ1) is 8.65. The van der Waals surface area contributed by atoms with Crippen molar-refractivity contribution in [2.24, 2.45) is 10.8 Å². The van der Waals surface area contributed by atoms with Crippen LogP contribution in [0.1, 0.15) is 23.6 Å². The summed E-state index contributed by atoms with van der Waals surface area (Å²) in [5.74, 6) is -0.414.